The minimum Gasteiger partial charge on any atom is -0.336 e. The maximum absolute atomic E-state index is 12.4. The summed E-state index contributed by atoms with van der Waals surface area (Å²) in [5.74, 6) is 0.0121. The van der Waals surface area contributed by atoms with Gasteiger partial charge >= 0.3 is 0 Å². The number of hydrogen-bond donors (Lipinski definition) is 0. The number of aryl methyl sites for hydroxylation is 1. The standard InChI is InChI=1S/C13H13BrIN3O/c1-17(8-12-10(14)7-16-18(12)2)13(19)9-5-3-4-6-11(9)15/h3-7H,8H2,1-2H3. The van der Waals surface area contributed by atoms with E-state index in [-0.39, 0.29) is 5.91 Å². The van der Waals surface area contributed by atoms with E-state index in [1.807, 2.05) is 31.3 Å². The molecule has 19 heavy (non-hydrogen) atoms. The Morgan fingerprint density at radius 2 is 2.16 bits per heavy atom. The first-order chi connectivity index (χ1) is 9.00. The summed E-state index contributed by atoms with van der Waals surface area (Å²) in [5, 5.41) is 4.15. The van der Waals surface area contributed by atoms with Crippen LogP contribution in [0, 0.1) is 3.57 Å². The number of hydrogen-bond acceptors (Lipinski definition) is 2. The zero-order valence-corrected chi connectivity index (χ0v) is 14.3. The van der Waals surface area contributed by atoms with E-state index in [9.17, 15) is 4.79 Å². The normalized spacial score (nSPS) is 10.5. The summed E-state index contributed by atoms with van der Waals surface area (Å²) in [6.07, 6.45) is 1.74. The van der Waals surface area contributed by atoms with Crippen LogP contribution in [0.4, 0.5) is 0 Å². The Morgan fingerprint density at radius 1 is 1.47 bits per heavy atom. The maximum atomic E-state index is 12.4. The summed E-state index contributed by atoms with van der Waals surface area (Å²) >= 11 is 5.62. The third-order valence-electron chi connectivity index (χ3n) is 2.85. The Hall–Kier alpha value is -0.890. The number of carbonyl (C=O) groups excluding carboxylic acids is 1. The van der Waals surface area contributed by atoms with Crippen molar-refractivity contribution in [3.8, 4) is 0 Å². The van der Waals surface area contributed by atoms with E-state index in [0.717, 1.165) is 19.3 Å². The lowest BCUT2D eigenvalue weighted by Crippen LogP contribution is -2.28. The second-order valence-corrected chi connectivity index (χ2v) is 6.22. The predicted molar refractivity (Wildman–Crippen MR) is 85.9 cm³/mol. The van der Waals surface area contributed by atoms with Crippen LogP contribution in [0.5, 0.6) is 0 Å². The van der Waals surface area contributed by atoms with Gasteiger partial charge in [0.15, 0.2) is 0 Å². The van der Waals surface area contributed by atoms with Crippen LogP contribution in [-0.4, -0.2) is 27.6 Å². The molecule has 0 saturated heterocycles. The van der Waals surface area contributed by atoms with E-state index in [4.69, 9.17) is 0 Å². The van der Waals surface area contributed by atoms with E-state index < -0.39 is 0 Å². The summed E-state index contributed by atoms with van der Waals surface area (Å²) in [7, 11) is 3.66. The van der Waals surface area contributed by atoms with Gasteiger partial charge < -0.3 is 4.90 Å². The number of carbonyl (C=O) groups is 1. The molecule has 0 spiro atoms. The molecule has 0 unspecified atom stereocenters. The average molecular weight is 434 g/mol. The molecule has 4 nitrogen and oxygen atoms in total. The Labute approximate surface area is 134 Å². The van der Waals surface area contributed by atoms with Crippen LogP contribution in [0.15, 0.2) is 34.9 Å². The van der Waals surface area contributed by atoms with Gasteiger partial charge in [0.2, 0.25) is 0 Å². The highest BCUT2D eigenvalue weighted by molar-refractivity contribution is 14.1. The number of halogens is 2. The van der Waals surface area contributed by atoms with Crippen LogP contribution in [0.25, 0.3) is 0 Å². The quantitative estimate of drug-likeness (QED) is 0.697. The summed E-state index contributed by atoms with van der Waals surface area (Å²) in [6.45, 7) is 0.515. The highest BCUT2D eigenvalue weighted by Crippen LogP contribution is 2.19. The molecule has 0 aliphatic heterocycles. The van der Waals surface area contributed by atoms with Crippen molar-refractivity contribution in [1.29, 1.82) is 0 Å². The van der Waals surface area contributed by atoms with Gasteiger partial charge in [-0.05, 0) is 50.7 Å². The molecule has 1 aromatic carbocycles. The molecule has 0 aliphatic rings. The van der Waals surface area contributed by atoms with Crippen molar-refractivity contribution in [2.24, 2.45) is 7.05 Å². The second kappa shape index (κ2) is 6.04. The summed E-state index contributed by atoms with van der Waals surface area (Å²) in [4.78, 5) is 14.1. The summed E-state index contributed by atoms with van der Waals surface area (Å²) in [6, 6.07) is 7.58. The molecule has 0 fully saturated rings. The van der Waals surface area contributed by atoms with Crippen LogP contribution >= 0.6 is 38.5 Å². The predicted octanol–water partition coefficient (Wildman–Crippen LogP) is 3.06. The van der Waals surface area contributed by atoms with Crippen molar-refractivity contribution in [3.05, 3.63) is 49.8 Å². The van der Waals surface area contributed by atoms with Gasteiger partial charge in [-0.25, -0.2) is 0 Å². The van der Waals surface area contributed by atoms with Crippen molar-refractivity contribution in [2.75, 3.05) is 7.05 Å². The fourth-order valence-electron chi connectivity index (χ4n) is 1.75. The van der Waals surface area contributed by atoms with Crippen LogP contribution in [0.2, 0.25) is 0 Å². The van der Waals surface area contributed by atoms with Crippen LogP contribution in [0.3, 0.4) is 0 Å². The van der Waals surface area contributed by atoms with Gasteiger partial charge in [0, 0.05) is 17.7 Å². The van der Waals surface area contributed by atoms with Gasteiger partial charge in [-0.3, -0.25) is 9.48 Å². The Balaban J connectivity index is 2.19. The molecule has 0 atom stereocenters. The summed E-state index contributed by atoms with van der Waals surface area (Å²) < 4.78 is 3.64. The van der Waals surface area contributed by atoms with E-state index in [1.165, 1.54) is 0 Å². The zero-order chi connectivity index (χ0) is 14.0. The fraction of sp³-hybridized carbons (Fsp3) is 0.231. The highest BCUT2D eigenvalue weighted by atomic mass is 127. The maximum Gasteiger partial charge on any atom is 0.255 e. The van der Waals surface area contributed by atoms with Gasteiger partial charge in [0.25, 0.3) is 5.91 Å². The molecule has 1 heterocycles. The molecule has 0 N–H and O–H groups in total. The highest BCUT2D eigenvalue weighted by Gasteiger charge is 2.17. The van der Waals surface area contributed by atoms with Crippen molar-refractivity contribution in [2.45, 2.75) is 6.54 Å². The topological polar surface area (TPSA) is 38.1 Å². The molecule has 1 aromatic heterocycles. The number of rotatable bonds is 3. The van der Waals surface area contributed by atoms with Gasteiger partial charge in [-0.15, -0.1) is 0 Å². The second-order valence-electron chi connectivity index (χ2n) is 4.20. The molecule has 6 heteroatoms. The van der Waals surface area contributed by atoms with Gasteiger partial charge in [-0.1, -0.05) is 12.1 Å². The van der Waals surface area contributed by atoms with Gasteiger partial charge in [0.1, 0.15) is 0 Å². The minimum atomic E-state index is 0.0121. The lowest BCUT2D eigenvalue weighted by molar-refractivity contribution is 0.0780. The average Bonchev–Trinajstić information content (AvgIpc) is 2.70. The SMILES string of the molecule is CN(Cc1c(Br)cnn1C)C(=O)c1ccccc1I. The molecule has 0 saturated carbocycles. The van der Waals surface area contributed by atoms with E-state index in [2.05, 4.69) is 43.6 Å². The van der Waals surface area contributed by atoms with Crippen molar-refractivity contribution >= 4 is 44.4 Å². The first kappa shape index (κ1) is 14.5. The molecular weight excluding hydrogens is 421 g/mol. The lowest BCUT2D eigenvalue weighted by Gasteiger charge is -2.18. The summed E-state index contributed by atoms with van der Waals surface area (Å²) in [5.41, 5.74) is 1.70. The van der Waals surface area contributed by atoms with Gasteiger partial charge in [-0.2, -0.15) is 5.10 Å². The number of amides is 1. The number of nitrogens with zero attached hydrogens (tertiary/aromatic N) is 3. The minimum absolute atomic E-state index is 0.0121. The van der Waals surface area contributed by atoms with Crippen molar-refractivity contribution in [1.82, 2.24) is 14.7 Å². The fourth-order valence-corrected chi connectivity index (χ4v) is 2.84. The lowest BCUT2D eigenvalue weighted by atomic mass is 10.2. The van der Waals surface area contributed by atoms with Crippen LogP contribution in [-0.2, 0) is 13.6 Å². The molecule has 1 amide bonds. The molecule has 2 aromatic rings. The molecule has 2 rings (SSSR count). The number of benzene rings is 1. The molecule has 0 radical (unpaired) electrons. The van der Waals surface area contributed by atoms with E-state index in [0.29, 0.717) is 6.54 Å². The monoisotopic (exact) mass is 433 g/mol. The number of aromatic nitrogens is 2. The van der Waals surface area contributed by atoms with E-state index in [1.54, 1.807) is 22.8 Å². The third kappa shape index (κ3) is 3.17. The largest absolute Gasteiger partial charge is 0.336 e. The molecule has 0 aliphatic carbocycles. The Morgan fingerprint density at radius 3 is 2.74 bits per heavy atom. The zero-order valence-electron chi connectivity index (χ0n) is 10.6. The molecular formula is C13H13BrIN3O. The Bertz CT molecular complexity index is 592. The third-order valence-corrected chi connectivity index (χ3v) is 4.45. The first-order valence-corrected chi connectivity index (χ1v) is 7.54. The van der Waals surface area contributed by atoms with Gasteiger partial charge in [0.05, 0.1) is 28.5 Å². The first-order valence-electron chi connectivity index (χ1n) is 5.67. The molecule has 100 valence electrons. The van der Waals surface area contributed by atoms with Crippen LogP contribution in [0.1, 0.15) is 16.1 Å². The van der Waals surface area contributed by atoms with Crippen LogP contribution < -0.4 is 0 Å². The van der Waals surface area contributed by atoms with Crippen molar-refractivity contribution < 1.29 is 4.79 Å². The molecule has 0 bridgehead atoms. The Kier molecular flexibility index (Phi) is 4.62. The van der Waals surface area contributed by atoms with Crippen molar-refractivity contribution in [3.63, 3.8) is 0 Å². The smallest absolute Gasteiger partial charge is 0.255 e. The van der Waals surface area contributed by atoms with E-state index >= 15 is 0 Å².